The van der Waals surface area contributed by atoms with Crippen molar-refractivity contribution >= 4 is 18.0 Å². The number of likely N-dealkylation sites (tertiary alicyclic amines) is 1. The van der Waals surface area contributed by atoms with E-state index in [2.05, 4.69) is 0 Å². The van der Waals surface area contributed by atoms with Gasteiger partial charge in [-0.15, -0.1) is 0 Å². The molecule has 0 saturated carbocycles. The zero-order valence-electron chi connectivity index (χ0n) is 16.7. The molecule has 1 heterocycles. The maximum atomic E-state index is 12.9. The van der Waals surface area contributed by atoms with Crippen molar-refractivity contribution in [3.63, 3.8) is 0 Å². The molecule has 0 unspecified atom stereocenters. The van der Waals surface area contributed by atoms with Crippen molar-refractivity contribution in [2.45, 2.75) is 18.9 Å². The number of esters is 1. The molecule has 1 saturated heterocycles. The highest BCUT2D eigenvalue weighted by molar-refractivity contribution is 5.91. The van der Waals surface area contributed by atoms with Gasteiger partial charge in [-0.3, -0.25) is 4.79 Å². The molecule has 2 aromatic rings. The maximum absolute atomic E-state index is 12.9. The Kier molecular flexibility index (Phi) is 6.89. The minimum absolute atomic E-state index is 0.183. The molecule has 0 radical (unpaired) electrons. The fraction of sp³-hybridized carbons (Fsp3) is 0.304. The topological polar surface area (TPSA) is 65.1 Å². The van der Waals surface area contributed by atoms with Gasteiger partial charge in [0.2, 0.25) is 6.10 Å². The highest BCUT2D eigenvalue weighted by Crippen LogP contribution is 2.26. The van der Waals surface area contributed by atoms with Crippen molar-refractivity contribution in [3.05, 3.63) is 65.7 Å². The predicted octanol–water partition coefficient (Wildman–Crippen LogP) is 3.62. The van der Waals surface area contributed by atoms with E-state index in [1.54, 1.807) is 55.5 Å². The Morgan fingerprint density at radius 1 is 1.00 bits per heavy atom. The van der Waals surface area contributed by atoms with E-state index >= 15 is 0 Å². The number of rotatable bonds is 7. The summed E-state index contributed by atoms with van der Waals surface area (Å²) in [6.07, 6.45) is 3.89. The Hall–Kier alpha value is -3.28. The van der Waals surface area contributed by atoms with Gasteiger partial charge in [0.1, 0.15) is 11.5 Å². The summed E-state index contributed by atoms with van der Waals surface area (Å²) in [5, 5.41) is 0. The number of methoxy groups -OCH3 is 2. The third-order valence-corrected chi connectivity index (χ3v) is 4.82. The smallest absolute Gasteiger partial charge is 0.331 e. The fourth-order valence-electron chi connectivity index (χ4n) is 3.26. The van der Waals surface area contributed by atoms with Crippen LogP contribution in [0.2, 0.25) is 0 Å². The van der Waals surface area contributed by atoms with Gasteiger partial charge in [-0.2, -0.15) is 0 Å². The van der Waals surface area contributed by atoms with Gasteiger partial charge in [-0.25, -0.2) is 4.79 Å². The Morgan fingerprint density at radius 3 is 2.38 bits per heavy atom. The first kappa shape index (κ1) is 20.5. The Balaban J connectivity index is 1.76. The van der Waals surface area contributed by atoms with Crippen molar-refractivity contribution in [1.82, 2.24) is 4.90 Å². The van der Waals surface area contributed by atoms with E-state index in [-0.39, 0.29) is 5.91 Å². The Labute approximate surface area is 170 Å². The van der Waals surface area contributed by atoms with Crippen LogP contribution in [0.5, 0.6) is 11.5 Å². The van der Waals surface area contributed by atoms with E-state index < -0.39 is 12.1 Å². The van der Waals surface area contributed by atoms with Crippen molar-refractivity contribution in [2.75, 3.05) is 27.3 Å². The number of nitrogens with zero attached hydrogens (tertiary/aromatic N) is 1. The molecule has 0 bridgehead atoms. The fourth-order valence-corrected chi connectivity index (χ4v) is 3.26. The Morgan fingerprint density at radius 2 is 1.72 bits per heavy atom. The first-order chi connectivity index (χ1) is 14.1. The van der Waals surface area contributed by atoms with Crippen LogP contribution >= 0.6 is 0 Å². The SMILES string of the molecule is COc1ccc(/C=C/C(=O)O[C@@H](C(=O)N2CCCC2)c2ccccc2)c(OC)c1. The molecular weight excluding hydrogens is 370 g/mol. The standard InChI is InChI=1S/C23H25NO5/c1-27-19-12-10-17(20(16-19)28-2)11-13-21(25)29-22(18-8-4-3-5-9-18)23(26)24-14-6-7-15-24/h3-5,8-13,16,22H,6-7,14-15H2,1-2H3/b13-11+/t22-/m1/s1. The molecule has 29 heavy (non-hydrogen) atoms. The van der Waals surface area contributed by atoms with Crippen LogP contribution in [0.4, 0.5) is 0 Å². The summed E-state index contributed by atoms with van der Waals surface area (Å²) < 4.78 is 16.1. The third kappa shape index (κ3) is 5.16. The van der Waals surface area contributed by atoms with E-state index in [0.717, 1.165) is 12.8 Å². The van der Waals surface area contributed by atoms with Crippen molar-refractivity contribution < 1.29 is 23.8 Å². The van der Waals surface area contributed by atoms with Crippen molar-refractivity contribution in [2.24, 2.45) is 0 Å². The lowest BCUT2D eigenvalue weighted by atomic mass is 10.1. The molecule has 0 spiro atoms. The van der Waals surface area contributed by atoms with Gasteiger partial charge in [-0.05, 0) is 31.1 Å². The second-order valence-corrected chi connectivity index (χ2v) is 6.70. The summed E-state index contributed by atoms with van der Waals surface area (Å²) in [6.45, 7) is 1.39. The van der Waals surface area contributed by atoms with Crippen LogP contribution in [0.1, 0.15) is 30.1 Å². The molecule has 0 aromatic heterocycles. The quantitative estimate of drug-likeness (QED) is 0.529. The van der Waals surface area contributed by atoms with E-state index in [0.29, 0.717) is 35.7 Å². The van der Waals surface area contributed by atoms with E-state index in [9.17, 15) is 9.59 Å². The maximum Gasteiger partial charge on any atom is 0.331 e. The van der Waals surface area contributed by atoms with Gasteiger partial charge >= 0.3 is 5.97 Å². The van der Waals surface area contributed by atoms with Gasteiger partial charge in [0.05, 0.1) is 14.2 Å². The molecule has 2 aromatic carbocycles. The normalized spacial score (nSPS) is 14.6. The second kappa shape index (κ2) is 9.78. The number of amides is 1. The monoisotopic (exact) mass is 395 g/mol. The van der Waals surface area contributed by atoms with Crippen LogP contribution in [0.15, 0.2) is 54.6 Å². The van der Waals surface area contributed by atoms with Crippen molar-refractivity contribution in [1.29, 1.82) is 0 Å². The summed E-state index contributed by atoms with van der Waals surface area (Å²) in [4.78, 5) is 27.2. The molecule has 0 N–H and O–H groups in total. The van der Waals surface area contributed by atoms with E-state index in [1.807, 2.05) is 18.2 Å². The summed E-state index contributed by atoms with van der Waals surface area (Å²) >= 11 is 0. The average molecular weight is 395 g/mol. The average Bonchev–Trinajstić information content (AvgIpc) is 3.31. The zero-order valence-corrected chi connectivity index (χ0v) is 16.7. The van der Waals surface area contributed by atoms with Crippen LogP contribution in [0.3, 0.4) is 0 Å². The summed E-state index contributed by atoms with van der Waals surface area (Å²) in [5.74, 6) is 0.449. The molecule has 1 aliphatic rings. The van der Waals surface area contributed by atoms with Gasteiger partial charge in [0.25, 0.3) is 5.91 Å². The lowest BCUT2D eigenvalue weighted by Crippen LogP contribution is -2.34. The minimum Gasteiger partial charge on any atom is -0.497 e. The summed E-state index contributed by atoms with van der Waals surface area (Å²) in [6, 6.07) is 14.4. The number of ether oxygens (including phenoxy) is 3. The second-order valence-electron chi connectivity index (χ2n) is 6.70. The minimum atomic E-state index is -0.954. The van der Waals surface area contributed by atoms with Gasteiger partial charge in [-0.1, -0.05) is 30.3 Å². The third-order valence-electron chi connectivity index (χ3n) is 4.82. The van der Waals surface area contributed by atoms with E-state index in [1.165, 1.54) is 6.08 Å². The molecule has 1 aliphatic heterocycles. The molecule has 6 nitrogen and oxygen atoms in total. The van der Waals surface area contributed by atoms with Crippen LogP contribution in [0, 0.1) is 0 Å². The Bertz CT molecular complexity index is 872. The molecule has 0 aliphatic carbocycles. The van der Waals surface area contributed by atoms with Crippen LogP contribution < -0.4 is 9.47 Å². The lowest BCUT2D eigenvalue weighted by Gasteiger charge is -2.23. The first-order valence-corrected chi connectivity index (χ1v) is 9.57. The summed E-state index contributed by atoms with van der Waals surface area (Å²) in [5.41, 5.74) is 1.36. The number of benzene rings is 2. The van der Waals surface area contributed by atoms with Gasteiger partial charge in [0.15, 0.2) is 0 Å². The van der Waals surface area contributed by atoms with Crippen LogP contribution in [-0.4, -0.2) is 44.1 Å². The number of carbonyl (C=O) groups excluding carboxylic acids is 2. The van der Waals surface area contributed by atoms with Crippen LogP contribution in [0.25, 0.3) is 6.08 Å². The highest BCUT2D eigenvalue weighted by atomic mass is 16.5. The van der Waals surface area contributed by atoms with Crippen LogP contribution in [-0.2, 0) is 14.3 Å². The predicted molar refractivity (Wildman–Crippen MR) is 110 cm³/mol. The van der Waals surface area contributed by atoms with Gasteiger partial charge in [0, 0.05) is 36.4 Å². The first-order valence-electron chi connectivity index (χ1n) is 9.57. The number of hydrogen-bond acceptors (Lipinski definition) is 5. The lowest BCUT2D eigenvalue weighted by molar-refractivity contribution is -0.156. The molecule has 152 valence electrons. The molecule has 1 atom stereocenters. The molecule has 3 rings (SSSR count). The number of hydrogen-bond donors (Lipinski definition) is 0. The molecule has 1 amide bonds. The van der Waals surface area contributed by atoms with Crippen molar-refractivity contribution in [3.8, 4) is 11.5 Å². The van der Waals surface area contributed by atoms with E-state index in [4.69, 9.17) is 14.2 Å². The molecule has 6 heteroatoms. The zero-order chi connectivity index (χ0) is 20.6. The molecule has 1 fully saturated rings. The summed E-state index contributed by atoms with van der Waals surface area (Å²) in [7, 11) is 3.12. The van der Waals surface area contributed by atoms with Gasteiger partial charge < -0.3 is 19.1 Å². The number of carbonyl (C=O) groups is 2. The molecular formula is C23H25NO5. The largest absolute Gasteiger partial charge is 0.497 e. The highest BCUT2D eigenvalue weighted by Gasteiger charge is 2.30.